The number of fused-ring (bicyclic) bond motifs is 1. The van der Waals surface area contributed by atoms with Gasteiger partial charge in [0.05, 0.1) is 40.6 Å². The second-order valence-electron chi connectivity index (χ2n) is 7.39. The predicted octanol–water partition coefficient (Wildman–Crippen LogP) is 3.13. The molecule has 11 nitrogen and oxygen atoms in total. The van der Waals surface area contributed by atoms with Crippen molar-refractivity contribution in [3.8, 4) is 10.7 Å². The minimum Gasteiger partial charge on any atom is -0.366 e. The number of nitrogens with two attached hydrogens (primary N) is 1. The fraction of sp³-hybridized carbons (Fsp3) is 0.0952. The molecule has 1 aromatic carbocycles. The van der Waals surface area contributed by atoms with Gasteiger partial charge in [-0.3, -0.25) is 19.4 Å². The zero-order valence-corrected chi connectivity index (χ0v) is 19.2. The van der Waals surface area contributed by atoms with Crippen molar-refractivity contribution < 1.29 is 9.59 Å². The van der Waals surface area contributed by atoms with Crippen molar-refractivity contribution in [2.75, 3.05) is 5.32 Å². The normalized spacial score (nSPS) is 11.1. The van der Waals surface area contributed by atoms with Crippen LogP contribution in [-0.4, -0.2) is 46.8 Å². The number of primary amides is 1. The topological polar surface area (TPSA) is 157 Å². The number of Topliss-reactive ketones (excluding diaryl/α,β-unsaturated/α-hetero) is 1. The molecule has 0 spiro atoms. The minimum atomic E-state index is -0.637. The number of aromatic amines is 1. The van der Waals surface area contributed by atoms with E-state index in [0.29, 0.717) is 37.8 Å². The summed E-state index contributed by atoms with van der Waals surface area (Å²) >= 11 is 7.68. The first kappa shape index (κ1) is 21.7. The highest BCUT2D eigenvalue weighted by Gasteiger charge is 2.17. The van der Waals surface area contributed by atoms with Gasteiger partial charge in [0.25, 0.3) is 0 Å². The maximum Gasteiger partial charge on any atom is 0.248 e. The molecular formula is C21H16ClN9O2S. The van der Waals surface area contributed by atoms with E-state index in [1.165, 1.54) is 34.3 Å². The Labute approximate surface area is 201 Å². The Morgan fingerprint density at radius 1 is 1.21 bits per heavy atom. The first-order chi connectivity index (χ1) is 16.4. The molecule has 0 saturated carbocycles. The summed E-state index contributed by atoms with van der Waals surface area (Å²) in [4.78, 5) is 29.0. The third kappa shape index (κ3) is 4.23. The molecular weight excluding hydrogens is 478 g/mol. The van der Waals surface area contributed by atoms with Gasteiger partial charge in [0.2, 0.25) is 11.0 Å². The first-order valence-electron chi connectivity index (χ1n) is 9.92. The van der Waals surface area contributed by atoms with Gasteiger partial charge in [-0.25, -0.2) is 4.98 Å². The van der Waals surface area contributed by atoms with Crippen molar-refractivity contribution in [1.82, 2.24) is 35.2 Å². The van der Waals surface area contributed by atoms with Crippen LogP contribution in [0.4, 0.5) is 10.8 Å². The second-order valence-corrected chi connectivity index (χ2v) is 8.75. The lowest BCUT2D eigenvalue weighted by Crippen LogP contribution is -2.13. The van der Waals surface area contributed by atoms with Crippen LogP contribution in [0.15, 0.2) is 42.9 Å². The smallest absolute Gasteiger partial charge is 0.248 e. The summed E-state index contributed by atoms with van der Waals surface area (Å²) in [5.41, 5.74) is 8.39. The highest BCUT2D eigenvalue weighted by atomic mass is 35.5. The maximum atomic E-state index is 12.6. The molecule has 5 rings (SSSR count). The molecule has 4 N–H and O–H groups in total. The van der Waals surface area contributed by atoms with Gasteiger partial charge in [0.15, 0.2) is 10.8 Å². The number of halogens is 1. The van der Waals surface area contributed by atoms with E-state index in [-0.39, 0.29) is 17.8 Å². The van der Waals surface area contributed by atoms with Crippen LogP contribution in [0.5, 0.6) is 0 Å². The Balaban J connectivity index is 1.43. The number of H-pyrrole nitrogens is 1. The lowest BCUT2D eigenvalue weighted by Gasteiger charge is -2.06. The van der Waals surface area contributed by atoms with Crippen LogP contribution in [0.3, 0.4) is 0 Å². The molecule has 0 unspecified atom stereocenters. The number of benzene rings is 1. The largest absolute Gasteiger partial charge is 0.366 e. The van der Waals surface area contributed by atoms with Gasteiger partial charge in [-0.1, -0.05) is 22.9 Å². The summed E-state index contributed by atoms with van der Waals surface area (Å²) in [6.07, 6.45) is 4.72. The highest BCUT2D eigenvalue weighted by molar-refractivity contribution is 7.18. The highest BCUT2D eigenvalue weighted by Crippen LogP contribution is 2.34. The number of hydrogen-bond acceptors (Lipinski definition) is 9. The van der Waals surface area contributed by atoms with Gasteiger partial charge < -0.3 is 11.1 Å². The monoisotopic (exact) mass is 493 g/mol. The number of anilines is 2. The number of amides is 1. The van der Waals surface area contributed by atoms with Gasteiger partial charge >= 0.3 is 0 Å². The summed E-state index contributed by atoms with van der Waals surface area (Å²) in [6.45, 7) is 0. The number of nitrogens with one attached hydrogen (secondary N) is 2. The molecule has 0 saturated heterocycles. The number of hydrogen-bond donors (Lipinski definition) is 3. The van der Waals surface area contributed by atoms with Gasteiger partial charge in [-0.2, -0.15) is 10.2 Å². The fourth-order valence-electron chi connectivity index (χ4n) is 3.33. The number of nitrogens with zero attached hydrogens (tertiary/aromatic N) is 6. The quantitative estimate of drug-likeness (QED) is 0.292. The van der Waals surface area contributed by atoms with Gasteiger partial charge in [0, 0.05) is 29.9 Å². The van der Waals surface area contributed by atoms with Crippen LogP contribution in [0.2, 0.25) is 5.02 Å². The molecule has 0 bridgehead atoms. The third-order valence-corrected chi connectivity index (χ3v) is 6.24. The summed E-state index contributed by atoms with van der Waals surface area (Å²) in [5.74, 6) is -0.821. The van der Waals surface area contributed by atoms with Crippen LogP contribution in [0, 0.1) is 0 Å². The lowest BCUT2D eigenvalue weighted by atomic mass is 10.1. The van der Waals surface area contributed by atoms with Crippen molar-refractivity contribution in [3.63, 3.8) is 0 Å². The molecule has 0 atom stereocenters. The second kappa shape index (κ2) is 8.65. The molecule has 4 aromatic heterocycles. The zero-order valence-electron chi connectivity index (χ0n) is 17.6. The number of aromatic nitrogens is 7. The third-order valence-electron chi connectivity index (χ3n) is 4.98. The number of pyridine rings is 1. The van der Waals surface area contributed by atoms with E-state index in [0.717, 1.165) is 10.9 Å². The van der Waals surface area contributed by atoms with E-state index in [1.54, 1.807) is 25.5 Å². The van der Waals surface area contributed by atoms with Gasteiger partial charge in [-0.05, 0) is 24.3 Å². The van der Waals surface area contributed by atoms with E-state index < -0.39 is 5.91 Å². The van der Waals surface area contributed by atoms with E-state index >= 15 is 0 Å². The standard InChI is InChI=1S/C21H16ClN9O2S/c1-31-9-11(7-25-31)17(32)6-12-4-10(19(23)33)5-16(26-12)20-29-30-21(34-20)27-15-3-2-14-13(18(15)22)8-24-28-14/h2-5,7-9H,6H2,1H3,(H2,23,33)(H,24,28)(H,27,30). The molecule has 0 radical (unpaired) electrons. The number of rotatable bonds is 7. The SMILES string of the molecule is Cn1cc(C(=O)Cc2cc(C(N)=O)cc(-c3nnc(Nc4ccc5[nH]ncc5c4Cl)s3)n2)cn1. The molecule has 4 heterocycles. The molecule has 0 aliphatic carbocycles. The average Bonchev–Trinajstić information content (AvgIpc) is 3.56. The van der Waals surface area contributed by atoms with E-state index in [9.17, 15) is 9.59 Å². The molecule has 13 heteroatoms. The number of aryl methyl sites for hydroxylation is 1. The summed E-state index contributed by atoms with van der Waals surface area (Å²) in [6, 6.07) is 6.68. The van der Waals surface area contributed by atoms with Crippen molar-refractivity contribution in [2.24, 2.45) is 12.8 Å². The maximum absolute atomic E-state index is 12.6. The fourth-order valence-corrected chi connectivity index (χ4v) is 4.31. The van der Waals surface area contributed by atoms with Crippen LogP contribution in [0.1, 0.15) is 26.4 Å². The summed E-state index contributed by atoms with van der Waals surface area (Å²) in [7, 11) is 1.72. The molecule has 1 amide bonds. The molecule has 5 aromatic rings. The lowest BCUT2D eigenvalue weighted by molar-refractivity contribution is 0.0983. The number of ketones is 1. The summed E-state index contributed by atoms with van der Waals surface area (Å²) in [5, 5.41) is 24.5. The van der Waals surface area contributed by atoms with Crippen molar-refractivity contribution >= 4 is 56.4 Å². The van der Waals surface area contributed by atoms with Crippen molar-refractivity contribution in [3.05, 3.63) is 64.7 Å². The van der Waals surface area contributed by atoms with Crippen LogP contribution >= 0.6 is 22.9 Å². The Morgan fingerprint density at radius 2 is 2.06 bits per heavy atom. The van der Waals surface area contributed by atoms with Gasteiger partial charge in [-0.15, -0.1) is 10.2 Å². The van der Waals surface area contributed by atoms with E-state index in [1.807, 2.05) is 6.07 Å². The first-order valence-corrected chi connectivity index (χ1v) is 11.1. The van der Waals surface area contributed by atoms with Crippen molar-refractivity contribution in [1.29, 1.82) is 0 Å². The Morgan fingerprint density at radius 3 is 2.82 bits per heavy atom. The van der Waals surface area contributed by atoms with Crippen LogP contribution in [0.25, 0.3) is 21.6 Å². The average molecular weight is 494 g/mol. The number of carbonyl (C=O) groups excluding carboxylic acids is 2. The van der Waals surface area contributed by atoms with Crippen LogP contribution in [-0.2, 0) is 13.5 Å². The van der Waals surface area contributed by atoms with E-state index in [4.69, 9.17) is 17.3 Å². The predicted molar refractivity (Wildman–Crippen MR) is 127 cm³/mol. The molecule has 170 valence electrons. The Hall–Kier alpha value is -4.16. The molecule has 0 fully saturated rings. The Kier molecular flexibility index (Phi) is 5.51. The van der Waals surface area contributed by atoms with E-state index in [2.05, 4.69) is 35.8 Å². The molecule has 34 heavy (non-hydrogen) atoms. The summed E-state index contributed by atoms with van der Waals surface area (Å²) < 4.78 is 1.54. The molecule has 0 aliphatic rings. The minimum absolute atomic E-state index is 0.0238. The number of carbonyl (C=O) groups is 2. The van der Waals surface area contributed by atoms with Crippen molar-refractivity contribution in [2.45, 2.75) is 6.42 Å². The zero-order chi connectivity index (χ0) is 23.8. The van der Waals surface area contributed by atoms with Crippen LogP contribution < -0.4 is 11.1 Å². The molecule has 0 aliphatic heterocycles. The Bertz CT molecular complexity index is 1550. The van der Waals surface area contributed by atoms with Gasteiger partial charge in [0.1, 0.15) is 5.69 Å².